The van der Waals surface area contributed by atoms with Crippen LogP contribution in [0.5, 0.6) is 0 Å². The average Bonchev–Trinajstić information content (AvgIpc) is 3.07. The van der Waals surface area contributed by atoms with Gasteiger partial charge < -0.3 is 39.4 Å². The molecule has 0 spiro atoms. The van der Waals surface area contributed by atoms with Gasteiger partial charge in [-0.3, -0.25) is 9.59 Å². The van der Waals surface area contributed by atoms with E-state index >= 15 is 0 Å². The third kappa shape index (κ3) is 5.39. The highest BCUT2D eigenvalue weighted by molar-refractivity contribution is 5.94. The highest BCUT2D eigenvalue weighted by atomic mass is 16.6. The second-order valence-corrected chi connectivity index (χ2v) is 14.8. The largest absolute Gasteiger partial charge is 0.456 e. The summed E-state index contributed by atoms with van der Waals surface area (Å²) < 4.78 is 23.9. The Hall–Kier alpha value is -3.94. The smallest absolute Gasteiger partial charge is 0.338 e. The monoisotopic (exact) mass is 692 g/mol. The number of aliphatic hydroxyl groups is 4. The van der Waals surface area contributed by atoms with Crippen molar-refractivity contribution in [3.05, 3.63) is 82.9 Å². The molecule has 2 aromatic carbocycles. The summed E-state index contributed by atoms with van der Waals surface area (Å²) in [4.78, 5) is 54.8. The van der Waals surface area contributed by atoms with Crippen LogP contribution in [0.2, 0.25) is 0 Å². The molecule has 10 atom stereocenters. The number of benzene rings is 2. The van der Waals surface area contributed by atoms with Crippen LogP contribution in [-0.4, -0.2) is 98.6 Å². The van der Waals surface area contributed by atoms with Gasteiger partial charge in [0.2, 0.25) is 0 Å². The fourth-order valence-corrected chi connectivity index (χ4v) is 8.91. The van der Waals surface area contributed by atoms with Gasteiger partial charge in [0.05, 0.1) is 29.6 Å². The van der Waals surface area contributed by atoms with Gasteiger partial charge in [0.1, 0.15) is 30.0 Å². The maximum Gasteiger partial charge on any atom is 0.338 e. The maximum atomic E-state index is 14.8. The first kappa shape index (κ1) is 35.9. The molecule has 3 fully saturated rings. The summed E-state index contributed by atoms with van der Waals surface area (Å²) in [5.41, 5.74) is -6.29. The van der Waals surface area contributed by atoms with Gasteiger partial charge in [0.15, 0.2) is 17.5 Å². The lowest BCUT2D eigenvalue weighted by atomic mass is 9.44. The van der Waals surface area contributed by atoms with Gasteiger partial charge in [0, 0.05) is 31.6 Å². The SMILES string of the molecule is CC(=O)O[C@@]12CO[C@@H]1C[C@H](O)[C@@]1(C)C(=O)[C@H](O)C3=C(C)[C@@H](OC(=O)[C@H](O)Cc4ccccc4)C[C@](O)([C@@H](OC(=O)c4ccccc4)[C@H]21)C3(C)C. The Morgan fingerprint density at radius 2 is 1.60 bits per heavy atom. The van der Waals surface area contributed by atoms with E-state index in [1.807, 2.05) is 0 Å². The van der Waals surface area contributed by atoms with Crippen LogP contribution < -0.4 is 0 Å². The molecule has 0 radical (unpaired) electrons. The number of rotatable bonds is 7. The van der Waals surface area contributed by atoms with Crippen molar-refractivity contribution in [3.63, 3.8) is 0 Å². The molecule has 2 saturated carbocycles. The molecule has 2 aromatic rings. The average molecular weight is 693 g/mol. The Morgan fingerprint density at radius 3 is 2.18 bits per heavy atom. The minimum Gasteiger partial charge on any atom is -0.456 e. The lowest BCUT2D eigenvalue weighted by molar-refractivity contribution is -0.346. The first-order valence-corrected chi connectivity index (χ1v) is 16.8. The van der Waals surface area contributed by atoms with E-state index in [2.05, 4.69) is 0 Å². The van der Waals surface area contributed by atoms with Crippen molar-refractivity contribution in [1.29, 1.82) is 0 Å². The second-order valence-electron chi connectivity index (χ2n) is 14.8. The molecule has 4 aliphatic rings. The molecule has 12 heteroatoms. The molecule has 1 saturated heterocycles. The molecule has 1 heterocycles. The van der Waals surface area contributed by atoms with Crippen LogP contribution in [0.25, 0.3) is 0 Å². The molecule has 12 nitrogen and oxygen atoms in total. The Kier molecular flexibility index (Phi) is 9.10. The standard InChI is InChI=1S/C38H44O12/c1-20-25(48-34(45)24(40)16-22-12-8-6-9-13-22)18-38(46)32(49-33(44)23-14-10-7-11-15-23)30-36(5,31(43)29(42)28(20)35(38,3)4)26(41)17-27-37(30,19-47-27)50-21(2)39/h6-15,24-27,29-30,32,40-42,46H,16-19H2,1-5H3/t24-,25+,26+,27-,29-,30+,32+,36-,37+,38+/m1/s1. The minimum atomic E-state index is -2.24. The van der Waals surface area contributed by atoms with Crippen molar-refractivity contribution in [3.8, 4) is 0 Å². The summed E-state index contributed by atoms with van der Waals surface area (Å²) in [5.74, 6) is -4.90. The predicted molar refractivity (Wildman–Crippen MR) is 175 cm³/mol. The molecule has 4 N–H and O–H groups in total. The molecular weight excluding hydrogens is 648 g/mol. The summed E-state index contributed by atoms with van der Waals surface area (Å²) in [7, 11) is 0. The second kappa shape index (κ2) is 12.7. The number of hydrogen-bond acceptors (Lipinski definition) is 12. The number of carbonyl (C=O) groups is 4. The van der Waals surface area contributed by atoms with E-state index in [0.717, 1.165) is 0 Å². The summed E-state index contributed by atoms with van der Waals surface area (Å²) >= 11 is 0. The zero-order chi connectivity index (χ0) is 36.4. The van der Waals surface area contributed by atoms with Crippen molar-refractivity contribution in [2.24, 2.45) is 16.7 Å². The molecular formula is C38H44O12. The quantitative estimate of drug-likeness (QED) is 0.189. The van der Waals surface area contributed by atoms with Crippen LogP contribution >= 0.6 is 0 Å². The Morgan fingerprint density at radius 1 is 0.980 bits per heavy atom. The topological polar surface area (TPSA) is 186 Å². The third-order valence-corrected chi connectivity index (χ3v) is 11.7. The normalized spacial score (nSPS) is 36.4. The van der Waals surface area contributed by atoms with Gasteiger partial charge >= 0.3 is 17.9 Å². The lowest BCUT2D eigenvalue weighted by Crippen LogP contribution is -2.81. The number of hydrogen-bond donors (Lipinski definition) is 4. The van der Waals surface area contributed by atoms with Gasteiger partial charge in [-0.15, -0.1) is 0 Å². The highest BCUT2D eigenvalue weighted by Gasteiger charge is 2.78. The van der Waals surface area contributed by atoms with E-state index < -0.39 is 94.7 Å². The van der Waals surface area contributed by atoms with Crippen LogP contribution in [0.3, 0.4) is 0 Å². The molecule has 3 aliphatic carbocycles. The number of esters is 3. The van der Waals surface area contributed by atoms with E-state index in [0.29, 0.717) is 5.56 Å². The van der Waals surface area contributed by atoms with Crippen LogP contribution in [0.4, 0.5) is 0 Å². The van der Waals surface area contributed by atoms with Gasteiger partial charge in [-0.25, -0.2) is 9.59 Å². The van der Waals surface area contributed by atoms with Gasteiger partial charge in [-0.2, -0.15) is 0 Å². The molecule has 2 bridgehead atoms. The fourth-order valence-electron chi connectivity index (χ4n) is 8.91. The van der Waals surface area contributed by atoms with Gasteiger partial charge in [-0.05, 0) is 42.7 Å². The fraction of sp³-hybridized carbons (Fsp3) is 0.526. The van der Waals surface area contributed by atoms with Crippen LogP contribution in [-0.2, 0) is 39.8 Å². The highest BCUT2D eigenvalue weighted by Crippen LogP contribution is 2.64. The summed E-state index contributed by atoms with van der Waals surface area (Å²) in [5, 5.41) is 47.8. The molecule has 0 aromatic heterocycles. The summed E-state index contributed by atoms with van der Waals surface area (Å²) in [6.45, 7) is 7.09. The zero-order valence-electron chi connectivity index (χ0n) is 28.7. The van der Waals surface area contributed by atoms with Gasteiger partial charge in [0.25, 0.3) is 0 Å². The Labute approximate surface area is 290 Å². The number of Topliss-reactive ketones (excluding diaryl/α,β-unsaturated/α-hetero) is 1. The summed E-state index contributed by atoms with van der Waals surface area (Å²) in [6, 6.07) is 16.8. The maximum absolute atomic E-state index is 14.8. The Bertz CT molecular complexity index is 1700. The van der Waals surface area contributed by atoms with Crippen LogP contribution in [0.15, 0.2) is 71.8 Å². The predicted octanol–water partition coefficient (Wildman–Crippen LogP) is 2.24. The van der Waals surface area contributed by atoms with Crippen molar-refractivity contribution in [1.82, 2.24) is 0 Å². The summed E-state index contributed by atoms with van der Waals surface area (Å²) in [6.07, 6.45) is -9.52. The molecule has 6 rings (SSSR count). The number of fused-ring (bicyclic) bond motifs is 5. The van der Waals surface area contributed by atoms with Crippen LogP contribution in [0.1, 0.15) is 63.4 Å². The van der Waals surface area contributed by atoms with Crippen LogP contribution in [0, 0.1) is 16.7 Å². The van der Waals surface area contributed by atoms with Crippen molar-refractivity contribution in [2.75, 3.05) is 6.61 Å². The first-order valence-electron chi connectivity index (χ1n) is 16.8. The van der Waals surface area contributed by atoms with E-state index in [9.17, 15) is 39.6 Å². The third-order valence-electron chi connectivity index (χ3n) is 11.7. The number of aliphatic hydroxyl groups excluding tert-OH is 3. The van der Waals surface area contributed by atoms with Crippen molar-refractivity contribution < 1.29 is 58.6 Å². The lowest BCUT2D eigenvalue weighted by Gasteiger charge is -2.67. The van der Waals surface area contributed by atoms with Gasteiger partial charge in [-0.1, -0.05) is 62.4 Å². The zero-order valence-corrected chi connectivity index (χ0v) is 28.7. The number of carbonyl (C=O) groups excluding carboxylic acids is 4. The minimum absolute atomic E-state index is 0.0211. The van der Waals surface area contributed by atoms with E-state index in [4.69, 9.17) is 18.9 Å². The van der Waals surface area contributed by atoms with E-state index in [-0.39, 0.29) is 36.2 Å². The Balaban J connectivity index is 1.52. The molecule has 0 amide bonds. The molecule has 268 valence electrons. The molecule has 1 aliphatic heterocycles. The number of ether oxygens (including phenoxy) is 4. The van der Waals surface area contributed by atoms with E-state index in [1.165, 1.54) is 26.0 Å². The molecule has 50 heavy (non-hydrogen) atoms. The first-order chi connectivity index (χ1) is 23.5. The van der Waals surface area contributed by atoms with E-state index in [1.54, 1.807) is 69.3 Å². The van der Waals surface area contributed by atoms with Crippen molar-refractivity contribution >= 4 is 23.7 Å². The number of ketones is 1. The molecule has 0 unspecified atom stereocenters. The van der Waals surface area contributed by atoms with Crippen molar-refractivity contribution in [2.45, 2.75) is 102 Å².